The Morgan fingerprint density at radius 1 is 1.52 bits per heavy atom. The van der Waals surface area contributed by atoms with Gasteiger partial charge in [-0.3, -0.25) is 9.48 Å². The van der Waals surface area contributed by atoms with Crippen LogP contribution in [0.1, 0.15) is 19.3 Å². The third kappa shape index (κ3) is 4.53. The summed E-state index contributed by atoms with van der Waals surface area (Å²) < 4.78 is 23.7. The van der Waals surface area contributed by atoms with Crippen molar-refractivity contribution < 1.29 is 13.2 Å². The minimum atomic E-state index is -3.02. The van der Waals surface area contributed by atoms with Crippen molar-refractivity contribution in [3.05, 3.63) is 12.3 Å². The monoisotopic (exact) mass is 314 g/mol. The summed E-state index contributed by atoms with van der Waals surface area (Å²) in [5, 5.41) is 6.95. The molecule has 1 aliphatic rings. The largest absolute Gasteiger partial charge is 0.330 e. The van der Waals surface area contributed by atoms with Crippen molar-refractivity contribution >= 4 is 21.6 Å². The number of carbonyl (C=O) groups excluding carboxylic acids is 1. The molecule has 1 aromatic heterocycles. The number of nitrogens with zero attached hydrogens (tertiary/aromatic N) is 2. The van der Waals surface area contributed by atoms with E-state index >= 15 is 0 Å². The van der Waals surface area contributed by atoms with Gasteiger partial charge < -0.3 is 11.1 Å². The van der Waals surface area contributed by atoms with E-state index in [9.17, 15) is 13.2 Å². The Kier molecular flexibility index (Phi) is 5.00. The van der Waals surface area contributed by atoms with E-state index in [0.29, 0.717) is 12.4 Å². The molecule has 1 aliphatic carbocycles. The third-order valence-corrected chi connectivity index (χ3v) is 4.81. The van der Waals surface area contributed by atoms with Crippen molar-refractivity contribution in [1.82, 2.24) is 9.78 Å². The number of anilines is 1. The van der Waals surface area contributed by atoms with Gasteiger partial charge in [0.25, 0.3) is 0 Å². The highest BCUT2D eigenvalue weighted by molar-refractivity contribution is 7.90. The summed E-state index contributed by atoms with van der Waals surface area (Å²) in [6.45, 7) is 0.810. The minimum Gasteiger partial charge on any atom is -0.330 e. The summed E-state index contributed by atoms with van der Waals surface area (Å²) >= 11 is 0. The lowest BCUT2D eigenvalue weighted by atomic mass is 9.95. The lowest BCUT2D eigenvalue weighted by Gasteiger charge is -2.16. The third-order valence-electron chi connectivity index (χ3n) is 3.88. The van der Waals surface area contributed by atoms with Crippen LogP contribution in [0.2, 0.25) is 0 Å². The molecular weight excluding hydrogens is 292 g/mol. The van der Waals surface area contributed by atoms with Crippen LogP contribution in [0.5, 0.6) is 0 Å². The molecule has 7 nitrogen and oxygen atoms in total. The van der Waals surface area contributed by atoms with Gasteiger partial charge >= 0.3 is 0 Å². The molecule has 0 aliphatic heterocycles. The number of amides is 1. The topological polar surface area (TPSA) is 107 Å². The Morgan fingerprint density at radius 3 is 2.95 bits per heavy atom. The quantitative estimate of drug-likeness (QED) is 0.782. The lowest BCUT2D eigenvalue weighted by molar-refractivity contribution is -0.120. The Labute approximate surface area is 124 Å². The molecule has 2 rings (SSSR count). The summed E-state index contributed by atoms with van der Waals surface area (Å²) in [4.78, 5) is 12.2. The fourth-order valence-electron chi connectivity index (χ4n) is 2.70. The average molecular weight is 314 g/mol. The lowest BCUT2D eigenvalue weighted by Crippen LogP contribution is -2.29. The van der Waals surface area contributed by atoms with Crippen LogP contribution in [0.4, 0.5) is 5.82 Å². The summed E-state index contributed by atoms with van der Waals surface area (Å²) in [5.41, 5.74) is 5.68. The molecule has 8 heteroatoms. The SMILES string of the molecule is CS(=O)(=O)CCn1ccc(NC(=O)[C@@H]2CCC[C@@H]2CN)n1. The van der Waals surface area contributed by atoms with Gasteiger partial charge in [-0.05, 0) is 25.3 Å². The second kappa shape index (κ2) is 6.57. The first-order valence-electron chi connectivity index (χ1n) is 7.11. The molecule has 3 N–H and O–H groups in total. The second-order valence-corrected chi connectivity index (χ2v) is 7.88. The fraction of sp³-hybridized carbons (Fsp3) is 0.692. The minimum absolute atomic E-state index is 0.0277. The van der Waals surface area contributed by atoms with Gasteiger partial charge in [-0.2, -0.15) is 5.10 Å². The van der Waals surface area contributed by atoms with Gasteiger partial charge in [0, 0.05) is 24.4 Å². The van der Waals surface area contributed by atoms with Crippen molar-refractivity contribution in [3.8, 4) is 0 Å². The van der Waals surface area contributed by atoms with Crippen molar-refractivity contribution in [1.29, 1.82) is 0 Å². The number of carbonyl (C=O) groups is 1. The molecule has 1 saturated carbocycles. The van der Waals surface area contributed by atoms with E-state index in [-0.39, 0.29) is 30.0 Å². The Balaban J connectivity index is 1.91. The number of aryl methyl sites for hydroxylation is 1. The Bertz CT molecular complexity index is 596. The second-order valence-electron chi connectivity index (χ2n) is 5.62. The van der Waals surface area contributed by atoms with Gasteiger partial charge in [-0.1, -0.05) is 6.42 Å². The van der Waals surface area contributed by atoms with Gasteiger partial charge in [0.05, 0.1) is 12.3 Å². The smallest absolute Gasteiger partial charge is 0.229 e. The summed E-state index contributed by atoms with van der Waals surface area (Å²) in [6, 6.07) is 1.67. The van der Waals surface area contributed by atoms with E-state index in [0.717, 1.165) is 19.3 Å². The van der Waals surface area contributed by atoms with E-state index in [2.05, 4.69) is 10.4 Å². The first kappa shape index (κ1) is 16.0. The molecule has 0 unspecified atom stereocenters. The van der Waals surface area contributed by atoms with Crippen molar-refractivity contribution in [2.45, 2.75) is 25.8 Å². The number of hydrogen-bond donors (Lipinski definition) is 2. The van der Waals surface area contributed by atoms with E-state index in [1.54, 1.807) is 12.3 Å². The summed E-state index contributed by atoms with van der Waals surface area (Å²) in [6.07, 6.45) is 5.74. The number of hydrogen-bond acceptors (Lipinski definition) is 5. The molecule has 21 heavy (non-hydrogen) atoms. The van der Waals surface area contributed by atoms with Crippen LogP contribution < -0.4 is 11.1 Å². The van der Waals surface area contributed by atoms with Crippen LogP contribution in [0.3, 0.4) is 0 Å². The Hall–Kier alpha value is -1.41. The van der Waals surface area contributed by atoms with Crippen LogP contribution in [0, 0.1) is 11.8 Å². The predicted molar refractivity (Wildman–Crippen MR) is 80.5 cm³/mol. The van der Waals surface area contributed by atoms with E-state index in [1.807, 2.05) is 0 Å². The number of nitrogens with two attached hydrogens (primary N) is 1. The highest BCUT2D eigenvalue weighted by Gasteiger charge is 2.32. The van der Waals surface area contributed by atoms with E-state index < -0.39 is 9.84 Å². The molecule has 1 fully saturated rings. The molecule has 0 radical (unpaired) electrons. The average Bonchev–Trinajstić information content (AvgIpc) is 3.03. The normalized spacial score (nSPS) is 22.4. The maximum atomic E-state index is 12.2. The van der Waals surface area contributed by atoms with Crippen LogP contribution in [0.25, 0.3) is 0 Å². The molecule has 2 atom stereocenters. The molecule has 0 spiro atoms. The first-order valence-corrected chi connectivity index (χ1v) is 9.17. The van der Waals surface area contributed by atoms with Crippen molar-refractivity contribution in [2.75, 3.05) is 23.9 Å². The number of nitrogens with one attached hydrogen (secondary N) is 1. The zero-order valence-corrected chi connectivity index (χ0v) is 13.0. The maximum Gasteiger partial charge on any atom is 0.229 e. The molecule has 1 amide bonds. The molecule has 1 heterocycles. The number of aromatic nitrogens is 2. The van der Waals surface area contributed by atoms with Gasteiger partial charge in [-0.25, -0.2) is 8.42 Å². The van der Waals surface area contributed by atoms with Gasteiger partial charge in [-0.15, -0.1) is 0 Å². The number of rotatable bonds is 6. The van der Waals surface area contributed by atoms with Gasteiger partial charge in [0.2, 0.25) is 5.91 Å². The van der Waals surface area contributed by atoms with Gasteiger partial charge in [0.1, 0.15) is 9.84 Å². The molecule has 0 bridgehead atoms. The first-order chi connectivity index (χ1) is 9.89. The van der Waals surface area contributed by atoms with Crippen LogP contribution in [-0.4, -0.2) is 42.7 Å². The highest BCUT2D eigenvalue weighted by Crippen LogP contribution is 2.31. The molecular formula is C13H22N4O3S. The summed E-state index contributed by atoms with van der Waals surface area (Å²) in [5.74, 6) is 0.640. The molecule has 0 aromatic carbocycles. The zero-order chi connectivity index (χ0) is 15.5. The molecule has 0 saturated heterocycles. The van der Waals surface area contributed by atoms with Crippen molar-refractivity contribution in [3.63, 3.8) is 0 Å². The van der Waals surface area contributed by atoms with Crippen molar-refractivity contribution in [2.24, 2.45) is 17.6 Å². The fourth-order valence-corrected chi connectivity index (χ4v) is 3.21. The molecule has 1 aromatic rings. The molecule has 118 valence electrons. The van der Waals surface area contributed by atoms with Crippen LogP contribution in [-0.2, 0) is 21.2 Å². The standard InChI is InChI=1S/C13H22N4O3S/c1-21(19,20)8-7-17-6-5-12(16-17)15-13(18)11-4-2-3-10(11)9-14/h5-6,10-11H,2-4,7-9,14H2,1H3,(H,15,16,18)/t10-,11-/m1/s1. The van der Waals surface area contributed by atoms with E-state index in [1.165, 1.54) is 10.9 Å². The van der Waals surface area contributed by atoms with E-state index in [4.69, 9.17) is 5.73 Å². The van der Waals surface area contributed by atoms with Crippen LogP contribution >= 0.6 is 0 Å². The Morgan fingerprint density at radius 2 is 2.29 bits per heavy atom. The maximum absolute atomic E-state index is 12.2. The highest BCUT2D eigenvalue weighted by atomic mass is 32.2. The summed E-state index contributed by atoms with van der Waals surface area (Å²) in [7, 11) is -3.02. The zero-order valence-electron chi connectivity index (χ0n) is 12.2. The number of sulfone groups is 1. The predicted octanol–water partition coefficient (Wildman–Crippen LogP) is 0.241. The van der Waals surface area contributed by atoms with Crippen LogP contribution in [0.15, 0.2) is 12.3 Å². The van der Waals surface area contributed by atoms with Gasteiger partial charge in [0.15, 0.2) is 5.82 Å².